The number of nitrogens with one attached hydrogen (secondary N) is 2. The molecule has 1 atom stereocenters. The lowest BCUT2D eigenvalue weighted by Gasteiger charge is -2.21. The zero-order valence-corrected chi connectivity index (χ0v) is 16.7. The summed E-state index contributed by atoms with van der Waals surface area (Å²) in [6.45, 7) is 5.47. The molecule has 0 saturated heterocycles. The fourth-order valence-electron chi connectivity index (χ4n) is 2.20. The van der Waals surface area contributed by atoms with Gasteiger partial charge in [-0.3, -0.25) is 4.79 Å². The molecule has 0 heterocycles. The molecule has 0 unspecified atom stereocenters. The third-order valence-electron chi connectivity index (χ3n) is 3.67. The molecule has 2 aromatic carbocycles. The minimum Gasteiger partial charge on any atom is -0.325 e. The number of rotatable bonds is 6. The molecule has 0 fully saturated rings. The van der Waals surface area contributed by atoms with E-state index in [0.717, 1.165) is 10.0 Å². The van der Waals surface area contributed by atoms with Gasteiger partial charge in [0.2, 0.25) is 15.9 Å². The number of aryl methyl sites for hydroxylation is 1. The summed E-state index contributed by atoms with van der Waals surface area (Å²) in [5.41, 5.74) is 1.57. The predicted octanol–water partition coefficient (Wildman–Crippen LogP) is 3.70. The largest absolute Gasteiger partial charge is 0.325 e. The highest BCUT2D eigenvalue weighted by Gasteiger charge is 2.28. The standard InChI is InChI=1S/C18H21BrN2O3S/c1-12(2)17(18(22)20-15-8-6-14(19)7-9-15)21-25(23,24)16-10-4-13(3)5-11-16/h4-12,17,21H,1-3H3,(H,20,22)/t17-/m1/s1. The average molecular weight is 425 g/mol. The van der Waals surface area contributed by atoms with Gasteiger partial charge in [-0.05, 0) is 49.2 Å². The number of hydrogen-bond acceptors (Lipinski definition) is 3. The van der Waals surface area contributed by atoms with Crippen molar-refractivity contribution in [2.45, 2.75) is 31.7 Å². The van der Waals surface area contributed by atoms with Crippen LogP contribution in [0.3, 0.4) is 0 Å². The van der Waals surface area contributed by atoms with E-state index in [1.54, 1.807) is 50.2 Å². The van der Waals surface area contributed by atoms with Crippen molar-refractivity contribution < 1.29 is 13.2 Å². The van der Waals surface area contributed by atoms with E-state index >= 15 is 0 Å². The molecule has 2 aromatic rings. The van der Waals surface area contributed by atoms with Crippen LogP contribution in [0.1, 0.15) is 19.4 Å². The minimum absolute atomic E-state index is 0.139. The van der Waals surface area contributed by atoms with Crippen molar-refractivity contribution in [2.24, 2.45) is 5.92 Å². The number of amides is 1. The number of benzene rings is 2. The molecule has 0 radical (unpaired) electrons. The number of anilines is 1. The van der Waals surface area contributed by atoms with Gasteiger partial charge in [0, 0.05) is 10.2 Å². The topological polar surface area (TPSA) is 75.3 Å². The van der Waals surface area contributed by atoms with Crippen molar-refractivity contribution in [1.29, 1.82) is 0 Å². The zero-order valence-electron chi connectivity index (χ0n) is 14.3. The smallest absolute Gasteiger partial charge is 0.242 e. The molecule has 0 bridgehead atoms. The first-order valence-corrected chi connectivity index (χ1v) is 10.1. The van der Waals surface area contributed by atoms with Crippen LogP contribution in [0.5, 0.6) is 0 Å². The Balaban J connectivity index is 2.18. The Hall–Kier alpha value is -1.70. The molecular formula is C18H21BrN2O3S. The fraction of sp³-hybridized carbons (Fsp3) is 0.278. The fourth-order valence-corrected chi connectivity index (χ4v) is 3.81. The van der Waals surface area contributed by atoms with Crippen molar-refractivity contribution >= 4 is 37.5 Å². The molecule has 0 saturated carbocycles. The van der Waals surface area contributed by atoms with Crippen molar-refractivity contribution in [1.82, 2.24) is 4.72 Å². The van der Waals surface area contributed by atoms with Crippen molar-refractivity contribution in [3.05, 3.63) is 58.6 Å². The summed E-state index contributed by atoms with van der Waals surface area (Å²) < 4.78 is 28.5. The van der Waals surface area contributed by atoms with Gasteiger partial charge in [0.1, 0.15) is 6.04 Å². The van der Waals surface area contributed by atoms with Gasteiger partial charge in [0.05, 0.1) is 4.90 Å². The summed E-state index contributed by atoms with van der Waals surface area (Å²) in [5.74, 6) is -0.608. The van der Waals surface area contributed by atoms with E-state index < -0.39 is 22.0 Å². The Morgan fingerprint density at radius 3 is 2.08 bits per heavy atom. The molecule has 0 aromatic heterocycles. The molecule has 0 aliphatic carbocycles. The van der Waals surface area contributed by atoms with E-state index in [1.165, 1.54) is 12.1 Å². The summed E-state index contributed by atoms with van der Waals surface area (Å²) in [7, 11) is -3.78. The lowest BCUT2D eigenvalue weighted by molar-refractivity contribution is -0.118. The highest BCUT2D eigenvalue weighted by atomic mass is 79.9. The van der Waals surface area contributed by atoms with E-state index in [1.807, 2.05) is 6.92 Å². The van der Waals surface area contributed by atoms with E-state index in [4.69, 9.17) is 0 Å². The van der Waals surface area contributed by atoms with E-state index in [2.05, 4.69) is 26.0 Å². The van der Waals surface area contributed by atoms with Crippen LogP contribution in [-0.4, -0.2) is 20.4 Å². The zero-order chi connectivity index (χ0) is 18.6. The van der Waals surface area contributed by atoms with Crippen LogP contribution >= 0.6 is 15.9 Å². The maximum absolute atomic E-state index is 12.6. The Bertz CT molecular complexity index is 832. The normalized spacial score (nSPS) is 12.8. The van der Waals surface area contributed by atoms with Crippen LogP contribution in [0.25, 0.3) is 0 Å². The molecule has 5 nitrogen and oxygen atoms in total. The summed E-state index contributed by atoms with van der Waals surface area (Å²) in [4.78, 5) is 12.7. The minimum atomic E-state index is -3.78. The van der Waals surface area contributed by atoms with Crippen LogP contribution in [-0.2, 0) is 14.8 Å². The summed E-state index contributed by atoms with van der Waals surface area (Å²) in [6.07, 6.45) is 0. The first-order valence-electron chi connectivity index (χ1n) is 7.84. The molecule has 1 amide bonds. The molecule has 0 spiro atoms. The van der Waals surface area contributed by atoms with Gasteiger partial charge in [0.25, 0.3) is 0 Å². The predicted molar refractivity (Wildman–Crippen MR) is 103 cm³/mol. The molecular weight excluding hydrogens is 404 g/mol. The van der Waals surface area contributed by atoms with Gasteiger partial charge < -0.3 is 5.32 Å². The van der Waals surface area contributed by atoms with E-state index in [-0.39, 0.29) is 10.8 Å². The number of sulfonamides is 1. The monoisotopic (exact) mass is 424 g/mol. The van der Waals surface area contributed by atoms with Crippen LogP contribution in [0.2, 0.25) is 0 Å². The van der Waals surface area contributed by atoms with Gasteiger partial charge >= 0.3 is 0 Å². The first kappa shape index (κ1) is 19.6. The van der Waals surface area contributed by atoms with Crippen LogP contribution in [0.15, 0.2) is 57.9 Å². The molecule has 134 valence electrons. The van der Waals surface area contributed by atoms with E-state index in [0.29, 0.717) is 5.69 Å². The summed E-state index contributed by atoms with van der Waals surface area (Å²) in [5, 5.41) is 2.75. The molecule has 2 rings (SSSR count). The van der Waals surface area contributed by atoms with Gasteiger partial charge in [0.15, 0.2) is 0 Å². The lowest BCUT2D eigenvalue weighted by Crippen LogP contribution is -2.47. The Labute approximate surface area is 157 Å². The number of hydrogen-bond donors (Lipinski definition) is 2. The lowest BCUT2D eigenvalue weighted by atomic mass is 10.0. The molecule has 2 N–H and O–H groups in total. The van der Waals surface area contributed by atoms with Gasteiger partial charge in [-0.25, -0.2) is 8.42 Å². The third kappa shape index (κ3) is 5.39. The van der Waals surface area contributed by atoms with Crippen LogP contribution < -0.4 is 10.0 Å². The maximum Gasteiger partial charge on any atom is 0.242 e. The van der Waals surface area contributed by atoms with Crippen molar-refractivity contribution in [2.75, 3.05) is 5.32 Å². The van der Waals surface area contributed by atoms with Crippen molar-refractivity contribution in [3.63, 3.8) is 0 Å². The second-order valence-electron chi connectivity index (χ2n) is 6.15. The van der Waals surface area contributed by atoms with Crippen molar-refractivity contribution in [3.8, 4) is 0 Å². The average Bonchev–Trinajstić information content (AvgIpc) is 2.55. The second-order valence-corrected chi connectivity index (χ2v) is 8.78. The molecule has 0 aliphatic rings. The third-order valence-corrected chi connectivity index (χ3v) is 5.66. The summed E-state index contributed by atoms with van der Waals surface area (Å²) >= 11 is 3.33. The highest BCUT2D eigenvalue weighted by Crippen LogP contribution is 2.17. The number of carbonyl (C=O) groups excluding carboxylic acids is 1. The summed E-state index contributed by atoms with van der Waals surface area (Å²) in [6, 6.07) is 12.7. The molecule has 7 heteroatoms. The Morgan fingerprint density at radius 2 is 1.56 bits per heavy atom. The Kier molecular flexibility index (Phi) is 6.37. The first-order chi connectivity index (χ1) is 11.7. The van der Waals surface area contributed by atoms with Gasteiger partial charge in [-0.15, -0.1) is 0 Å². The highest BCUT2D eigenvalue weighted by molar-refractivity contribution is 9.10. The van der Waals surface area contributed by atoms with E-state index in [9.17, 15) is 13.2 Å². The molecule has 0 aliphatic heterocycles. The second kappa shape index (κ2) is 8.12. The quantitative estimate of drug-likeness (QED) is 0.741. The van der Waals surface area contributed by atoms with Gasteiger partial charge in [-0.1, -0.05) is 47.5 Å². The SMILES string of the molecule is Cc1ccc(S(=O)(=O)N[C@@H](C(=O)Nc2ccc(Br)cc2)C(C)C)cc1. The Morgan fingerprint density at radius 1 is 1.00 bits per heavy atom. The van der Waals surface area contributed by atoms with Crippen LogP contribution in [0, 0.1) is 12.8 Å². The van der Waals surface area contributed by atoms with Crippen LogP contribution in [0.4, 0.5) is 5.69 Å². The number of halogens is 1. The number of carbonyl (C=O) groups is 1. The molecule has 25 heavy (non-hydrogen) atoms. The maximum atomic E-state index is 12.6. The van der Waals surface area contributed by atoms with Gasteiger partial charge in [-0.2, -0.15) is 4.72 Å².